The van der Waals surface area contributed by atoms with Gasteiger partial charge in [-0.05, 0) is 37.6 Å². The summed E-state index contributed by atoms with van der Waals surface area (Å²) in [5, 5.41) is 0. The molecule has 0 saturated carbocycles. The van der Waals surface area contributed by atoms with E-state index in [4.69, 9.17) is 11.6 Å². The maximum atomic E-state index is 5.84. The van der Waals surface area contributed by atoms with Crippen LogP contribution >= 0.6 is 11.6 Å². The lowest BCUT2D eigenvalue weighted by Gasteiger charge is -2.24. The van der Waals surface area contributed by atoms with E-state index in [1.165, 1.54) is 11.3 Å². The lowest BCUT2D eigenvalue weighted by molar-refractivity contribution is 0.970. The highest BCUT2D eigenvalue weighted by molar-refractivity contribution is 6.16. The molecule has 2 nitrogen and oxygen atoms in total. The molecule has 0 radical (unpaired) electrons. The summed E-state index contributed by atoms with van der Waals surface area (Å²) in [6.07, 6.45) is 0. The predicted molar refractivity (Wildman–Crippen MR) is 77.7 cm³/mol. The van der Waals surface area contributed by atoms with Crippen LogP contribution in [0.15, 0.2) is 42.5 Å². The predicted octanol–water partition coefficient (Wildman–Crippen LogP) is 4.29. The maximum Gasteiger partial charge on any atom is 0.133 e. The van der Waals surface area contributed by atoms with Gasteiger partial charge in [-0.15, -0.1) is 11.6 Å². The minimum atomic E-state index is 0.444. The van der Waals surface area contributed by atoms with Gasteiger partial charge in [0.05, 0.1) is 11.6 Å². The number of para-hydroxylation sites is 1. The number of aryl methyl sites for hydroxylation is 1. The molecular weight excluding hydrogens is 244 g/mol. The van der Waals surface area contributed by atoms with Gasteiger partial charge in [0.25, 0.3) is 0 Å². The number of pyridine rings is 1. The van der Waals surface area contributed by atoms with Crippen molar-refractivity contribution >= 4 is 23.1 Å². The van der Waals surface area contributed by atoms with Gasteiger partial charge < -0.3 is 4.90 Å². The molecule has 1 heterocycles. The number of alkyl halides is 1. The third-order valence-corrected chi connectivity index (χ3v) is 3.20. The molecule has 0 saturated heterocycles. The van der Waals surface area contributed by atoms with E-state index in [-0.39, 0.29) is 0 Å². The summed E-state index contributed by atoms with van der Waals surface area (Å²) < 4.78 is 0. The van der Waals surface area contributed by atoms with Crippen LogP contribution < -0.4 is 4.90 Å². The number of aromatic nitrogens is 1. The van der Waals surface area contributed by atoms with Crippen molar-refractivity contribution in [1.29, 1.82) is 0 Å². The van der Waals surface area contributed by atoms with Crippen molar-refractivity contribution in [1.82, 2.24) is 4.98 Å². The van der Waals surface area contributed by atoms with Gasteiger partial charge in [0.1, 0.15) is 5.82 Å². The fourth-order valence-corrected chi connectivity index (χ4v) is 2.16. The zero-order valence-electron chi connectivity index (χ0n) is 10.7. The summed E-state index contributed by atoms with van der Waals surface area (Å²) in [6.45, 7) is 5.12. The SMILES string of the molecule is CCN(c1cccc(CCl)n1)c1ccccc1C. The van der Waals surface area contributed by atoms with Crippen molar-refractivity contribution in [3.63, 3.8) is 0 Å². The monoisotopic (exact) mass is 260 g/mol. The molecule has 0 aliphatic carbocycles. The van der Waals surface area contributed by atoms with E-state index in [2.05, 4.69) is 48.0 Å². The first-order valence-corrected chi connectivity index (χ1v) is 6.64. The van der Waals surface area contributed by atoms with Gasteiger partial charge in [-0.1, -0.05) is 24.3 Å². The Morgan fingerprint density at radius 1 is 1.11 bits per heavy atom. The van der Waals surface area contributed by atoms with E-state index in [1.54, 1.807) is 0 Å². The Balaban J connectivity index is 2.42. The molecule has 1 aromatic carbocycles. The standard InChI is InChI=1S/C15H17ClN2/c1-3-18(14-9-5-4-7-12(14)2)15-10-6-8-13(11-16)17-15/h4-10H,3,11H2,1-2H3. The maximum absolute atomic E-state index is 5.84. The van der Waals surface area contributed by atoms with Crippen molar-refractivity contribution < 1.29 is 0 Å². The summed E-state index contributed by atoms with van der Waals surface area (Å²) in [4.78, 5) is 6.77. The van der Waals surface area contributed by atoms with Crippen molar-refractivity contribution in [3.8, 4) is 0 Å². The van der Waals surface area contributed by atoms with Gasteiger partial charge >= 0.3 is 0 Å². The van der Waals surface area contributed by atoms with Gasteiger partial charge in [-0.25, -0.2) is 4.98 Å². The summed E-state index contributed by atoms with van der Waals surface area (Å²) in [6, 6.07) is 14.3. The fraction of sp³-hybridized carbons (Fsp3) is 0.267. The van der Waals surface area contributed by atoms with E-state index < -0.39 is 0 Å². The van der Waals surface area contributed by atoms with Crippen LogP contribution in [0, 0.1) is 6.92 Å². The average molecular weight is 261 g/mol. The van der Waals surface area contributed by atoms with Crippen molar-refractivity contribution in [3.05, 3.63) is 53.7 Å². The Kier molecular flexibility index (Phi) is 4.21. The van der Waals surface area contributed by atoms with Gasteiger partial charge in [0.15, 0.2) is 0 Å². The van der Waals surface area contributed by atoms with Crippen LogP contribution in [0.2, 0.25) is 0 Å². The number of halogens is 1. The zero-order chi connectivity index (χ0) is 13.0. The number of hydrogen-bond acceptors (Lipinski definition) is 2. The lowest BCUT2D eigenvalue weighted by atomic mass is 10.2. The molecule has 0 amide bonds. The average Bonchev–Trinajstić information content (AvgIpc) is 2.42. The smallest absolute Gasteiger partial charge is 0.133 e. The Morgan fingerprint density at radius 2 is 1.89 bits per heavy atom. The summed E-state index contributed by atoms with van der Waals surface area (Å²) >= 11 is 5.84. The first-order valence-electron chi connectivity index (χ1n) is 6.11. The first-order chi connectivity index (χ1) is 8.76. The van der Waals surface area contributed by atoms with Gasteiger partial charge in [-0.3, -0.25) is 0 Å². The minimum absolute atomic E-state index is 0.444. The largest absolute Gasteiger partial charge is 0.326 e. The molecule has 0 spiro atoms. The van der Waals surface area contributed by atoms with Crippen LogP contribution in [-0.4, -0.2) is 11.5 Å². The molecule has 0 N–H and O–H groups in total. The van der Waals surface area contributed by atoms with Crippen LogP contribution in [-0.2, 0) is 5.88 Å². The third-order valence-electron chi connectivity index (χ3n) is 2.93. The van der Waals surface area contributed by atoms with Crippen molar-refractivity contribution in [2.24, 2.45) is 0 Å². The van der Waals surface area contributed by atoms with Crippen LogP contribution in [0.25, 0.3) is 0 Å². The Bertz CT molecular complexity index is 525. The number of hydrogen-bond donors (Lipinski definition) is 0. The number of rotatable bonds is 4. The highest BCUT2D eigenvalue weighted by atomic mass is 35.5. The molecule has 0 bridgehead atoms. The molecule has 2 rings (SSSR count). The highest BCUT2D eigenvalue weighted by Gasteiger charge is 2.10. The summed E-state index contributed by atoms with van der Waals surface area (Å²) in [7, 11) is 0. The molecule has 2 aromatic rings. The lowest BCUT2D eigenvalue weighted by Crippen LogP contribution is -2.18. The molecule has 0 aliphatic heterocycles. The second-order valence-electron chi connectivity index (χ2n) is 4.15. The number of anilines is 2. The number of nitrogens with zero attached hydrogens (tertiary/aromatic N) is 2. The van der Waals surface area contributed by atoms with Gasteiger partial charge in [-0.2, -0.15) is 0 Å². The molecule has 0 fully saturated rings. The van der Waals surface area contributed by atoms with Crippen LogP contribution in [0.4, 0.5) is 11.5 Å². The molecule has 94 valence electrons. The van der Waals surface area contributed by atoms with E-state index in [9.17, 15) is 0 Å². The topological polar surface area (TPSA) is 16.1 Å². The van der Waals surface area contributed by atoms with Crippen LogP contribution in [0.3, 0.4) is 0 Å². The van der Waals surface area contributed by atoms with E-state index in [0.29, 0.717) is 5.88 Å². The Labute approximate surface area is 113 Å². The Hall–Kier alpha value is -1.54. The van der Waals surface area contributed by atoms with E-state index in [0.717, 1.165) is 18.1 Å². The number of benzene rings is 1. The second-order valence-corrected chi connectivity index (χ2v) is 4.42. The molecule has 3 heteroatoms. The highest BCUT2D eigenvalue weighted by Crippen LogP contribution is 2.26. The molecular formula is C15H17ClN2. The molecule has 18 heavy (non-hydrogen) atoms. The Morgan fingerprint density at radius 3 is 2.56 bits per heavy atom. The third kappa shape index (κ3) is 2.65. The molecule has 0 unspecified atom stereocenters. The first kappa shape index (κ1) is 12.9. The van der Waals surface area contributed by atoms with E-state index in [1.807, 2.05) is 18.2 Å². The van der Waals surface area contributed by atoms with Crippen molar-refractivity contribution in [2.45, 2.75) is 19.7 Å². The summed E-state index contributed by atoms with van der Waals surface area (Å²) in [5.41, 5.74) is 3.35. The summed E-state index contributed by atoms with van der Waals surface area (Å²) in [5.74, 6) is 1.39. The molecule has 0 aliphatic rings. The normalized spacial score (nSPS) is 10.4. The van der Waals surface area contributed by atoms with Gasteiger partial charge in [0.2, 0.25) is 0 Å². The molecule has 1 aromatic heterocycles. The van der Waals surface area contributed by atoms with E-state index >= 15 is 0 Å². The minimum Gasteiger partial charge on any atom is -0.326 e. The molecule has 0 atom stereocenters. The quantitative estimate of drug-likeness (QED) is 0.763. The second kappa shape index (κ2) is 5.87. The van der Waals surface area contributed by atoms with Crippen LogP contribution in [0.1, 0.15) is 18.2 Å². The zero-order valence-corrected chi connectivity index (χ0v) is 11.5. The van der Waals surface area contributed by atoms with Crippen LogP contribution in [0.5, 0.6) is 0 Å². The fourth-order valence-electron chi connectivity index (χ4n) is 2.01. The van der Waals surface area contributed by atoms with Gasteiger partial charge in [0, 0.05) is 12.2 Å². The van der Waals surface area contributed by atoms with Crippen molar-refractivity contribution in [2.75, 3.05) is 11.4 Å².